The Bertz CT molecular complexity index is 436. The fourth-order valence-electron chi connectivity index (χ4n) is 2.00. The molecule has 0 bridgehead atoms. The molecule has 0 radical (unpaired) electrons. The average Bonchev–Trinajstić information content (AvgIpc) is 2.34. The minimum absolute atomic E-state index is 0.00549. The van der Waals surface area contributed by atoms with Gasteiger partial charge in [0.15, 0.2) is 0 Å². The second-order valence-electron chi connectivity index (χ2n) is 4.29. The van der Waals surface area contributed by atoms with E-state index in [1.54, 1.807) is 0 Å². The van der Waals surface area contributed by atoms with Crippen LogP contribution in [0.2, 0.25) is 0 Å². The zero-order valence-electron chi connectivity index (χ0n) is 9.67. The van der Waals surface area contributed by atoms with Gasteiger partial charge in [-0.25, -0.2) is 13.6 Å². The number of halogens is 2. The molecule has 1 fully saturated rings. The number of aromatic carboxylic acids is 1. The predicted octanol–water partition coefficient (Wildman–Crippen LogP) is 1.83. The van der Waals surface area contributed by atoms with Crippen molar-refractivity contribution in [2.24, 2.45) is 0 Å². The molecule has 4 nitrogen and oxygen atoms in total. The summed E-state index contributed by atoms with van der Waals surface area (Å²) < 4.78 is 27.3. The van der Waals surface area contributed by atoms with Gasteiger partial charge < -0.3 is 15.7 Å². The van der Waals surface area contributed by atoms with Crippen LogP contribution in [0.5, 0.6) is 0 Å². The number of benzene rings is 1. The van der Waals surface area contributed by atoms with Crippen molar-refractivity contribution in [3.63, 3.8) is 0 Å². The molecule has 0 spiro atoms. The van der Waals surface area contributed by atoms with Gasteiger partial charge in [0.05, 0.1) is 5.56 Å². The van der Waals surface area contributed by atoms with Gasteiger partial charge in [0, 0.05) is 6.04 Å². The topological polar surface area (TPSA) is 61.4 Å². The molecule has 0 atom stereocenters. The molecule has 6 heteroatoms. The Morgan fingerprint density at radius 1 is 1.28 bits per heavy atom. The molecule has 1 aromatic rings. The quantitative estimate of drug-likeness (QED) is 0.772. The molecule has 18 heavy (non-hydrogen) atoms. The van der Waals surface area contributed by atoms with Crippen molar-refractivity contribution in [1.82, 2.24) is 5.32 Å². The number of carboxylic acids is 1. The molecular formula is C12H14F2N2O2. The highest BCUT2D eigenvalue weighted by atomic mass is 19.1. The molecule has 0 aliphatic carbocycles. The van der Waals surface area contributed by atoms with E-state index in [1.165, 1.54) is 0 Å². The molecule has 1 aliphatic rings. The van der Waals surface area contributed by atoms with E-state index in [0.29, 0.717) is 0 Å². The summed E-state index contributed by atoms with van der Waals surface area (Å²) in [7, 11) is 0. The Balaban J connectivity index is 2.19. The Hall–Kier alpha value is -1.69. The van der Waals surface area contributed by atoms with Gasteiger partial charge >= 0.3 is 5.97 Å². The summed E-state index contributed by atoms with van der Waals surface area (Å²) >= 11 is 0. The zero-order valence-corrected chi connectivity index (χ0v) is 9.67. The number of anilines is 1. The standard InChI is InChI=1S/C12H14F2N2O2/c13-9-5-7(12(17)18)6-10(14)11(9)16-8-1-3-15-4-2-8/h5-6,8,15-16H,1-4H2,(H,17,18). The van der Waals surface area contributed by atoms with Crippen molar-refractivity contribution in [2.45, 2.75) is 18.9 Å². The molecule has 0 amide bonds. The first-order valence-corrected chi connectivity index (χ1v) is 5.77. The predicted molar refractivity (Wildman–Crippen MR) is 62.8 cm³/mol. The van der Waals surface area contributed by atoms with Crippen molar-refractivity contribution < 1.29 is 18.7 Å². The molecule has 1 heterocycles. The second kappa shape index (κ2) is 5.30. The van der Waals surface area contributed by atoms with Gasteiger partial charge in [-0.05, 0) is 38.1 Å². The minimum Gasteiger partial charge on any atom is -0.478 e. The van der Waals surface area contributed by atoms with Crippen LogP contribution in [0, 0.1) is 11.6 Å². The van der Waals surface area contributed by atoms with Crippen LogP contribution in [0.3, 0.4) is 0 Å². The molecule has 0 aromatic heterocycles. The summed E-state index contributed by atoms with van der Waals surface area (Å²) in [6.45, 7) is 1.60. The van der Waals surface area contributed by atoms with Crippen molar-refractivity contribution in [1.29, 1.82) is 0 Å². The van der Waals surface area contributed by atoms with Gasteiger partial charge in [-0.3, -0.25) is 0 Å². The van der Waals surface area contributed by atoms with Crippen molar-refractivity contribution in [2.75, 3.05) is 18.4 Å². The van der Waals surface area contributed by atoms with Crippen molar-refractivity contribution in [3.8, 4) is 0 Å². The number of hydrogen-bond donors (Lipinski definition) is 3. The highest BCUT2D eigenvalue weighted by Gasteiger charge is 2.19. The average molecular weight is 256 g/mol. The smallest absolute Gasteiger partial charge is 0.335 e. The van der Waals surface area contributed by atoms with Crippen LogP contribution in [-0.2, 0) is 0 Å². The lowest BCUT2D eigenvalue weighted by atomic mass is 10.1. The Morgan fingerprint density at radius 3 is 2.33 bits per heavy atom. The van der Waals surface area contributed by atoms with Crippen LogP contribution in [0.1, 0.15) is 23.2 Å². The lowest BCUT2D eigenvalue weighted by Crippen LogP contribution is -2.35. The summed E-state index contributed by atoms with van der Waals surface area (Å²) in [6.07, 6.45) is 1.55. The zero-order chi connectivity index (χ0) is 13.1. The van der Waals surface area contributed by atoms with E-state index in [2.05, 4.69) is 10.6 Å². The van der Waals surface area contributed by atoms with Crippen LogP contribution in [0.25, 0.3) is 0 Å². The Labute approximate surface area is 103 Å². The third-order valence-corrected chi connectivity index (χ3v) is 2.98. The summed E-state index contributed by atoms with van der Waals surface area (Å²) in [5, 5.41) is 14.6. The van der Waals surface area contributed by atoms with Gasteiger partial charge in [0.25, 0.3) is 0 Å². The second-order valence-corrected chi connectivity index (χ2v) is 4.29. The van der Waals surface area contributed by atoms with E-state index in [4.69, 9.17) is 5.11 Å². The van der Waals surface area contributed by atoms with E-state index in [-0.39, 0.29) is 17.3 Å². The number of hydrogen-bond acceptors (Lipinski definition) is 3. The van der Waals surface area contributed by atoms with Crippen LogP contribution in [0.4, 0.5) is 14.5 Å². The maximum atomic E-state index is 13.6. The summed E-state index contributed by atoms with van der Waals surface area (Å²) in [5.41, 5.74) is -0.632. The molecule has 98 valence electrons. The SMILES string of the molecule is O=C(O)c1cc(F)c(NC2CCNCC2)c(F)c1. The summed E-state index contributed by atoms with van der Waals surface area (Å²) in [5.74, 6) is -3.09. The first kappa shape index (κ1) is 12.8. The first-order valence-electron chi connectivity index (χ1n) is 5.77. The first-order chi connectivity index (χ1) is 8.58. The Morgan fingerprint density at radius 2 is 1.83 bits per heavy atom. The van der Waals surface area contributed by atoms with Crippen LogP contribution < -0.4 is 10.6 Å². The van der Waals surface area contributed by atoms with Crippen molar-refractivity contribution in [3.05, 3.63) is 29.3 Å². The number of carbonyl (C=O) groups is 1. The third kappa shape index (κ3) is 2.76. The lowest BCUT2D eigenvalue weighted by molar-refractivity contribution is 0.0696. The maximum Gasteiger partial charge on any atom is 0.335 e. The van der Waals surface area contributed by atoms with Gasteiger partial charge in [-0.2, -0.15) is 0 Å². The van der Waals surface area contributed by atoms with Gasteiger partial charge in [0.1, 0.15) is 17.3 Å². The number of rotatable bonds is 3. The number of nitrogens with one attached hydrogen (secondary N) is 2. The molecule has 2 rings (SSSR count). The number of piperidine rings is 1. The van der Waals surface area contributed by atoms with E-state index in [0.717, 1.165) is 38.1 Å². The summed E-state index contributed by atoms with van der Waals surface area (Å²) in [4.78, 5) is 10.6. The molecule has 1 aliphatic heterocycles. The van der Waals surface area contributed by atoms with E-state index < -0.39 is 17.6 Å². The normalized spacial score (nSPS) is 16.6. The molecular weight excluding hydrogens is 242 g/mol. The van der Waals surface area contributed by atoms with Gasteiger partial charge in [0.2, 0.25) is 0 Å². The largest absolute Gasteiger partial charge is 0.478 e. The van der Waals surface area contributed by atoms with Gasteiger partial charge in [-0.1, -0.05) is 0 Å². The minimum atomic E-state index is -1.35. The highest BCUT2D eigenvalue weighted by Crippen LogP contribution is 2.23. The molecule has 3 N–H and O–H groups in total. The number of carboxylic acid groups (broad SMARTS) is 1. The van der Waals surface area contributed by atoms with Crippen LogP contribution in [-0.4, -0.2) is 30.2 Å². The highest BCUT2D eigenvalue weighted by molar-refractivity contribution is 5.88. The fraction of sp³-hybridized carbons (Fsp3) is 0.417. The molecule has 0 unspecified atom stereocenters. The third-order valence-electron chi connectivity index (χ3n) is 2.98. The molecule has 1 saturated heterocycles. The molecule has 0 saturated carbocycles. The maximum absolute atomic E-state index is 13.6. The Kier molecular flexibility index (Phi) is 3.76. The van der Waals surface area contributed by atoms with Crippen LogP contribution >= 0.6 is 0 Å². The van der Waals surface area contributed by atoms with E-state index in [1.807, 2.05) is 0 Å². The van der Waals surface area contributed by atoms with E-state index in [9.17, 15) is 13.6 Å². The lowest BCUT2D eigenvalue weighted by Gasteiger charge is -2.25. The van der Waals surface area contributed by atoms with E-state index >= 15 is 0 Å². The van der Waals surface area contributed by atoms with Gasteiger partial charge in [-0.15, -0.1) is 0 Å². The fourth-order valence-corrected chi connectivity index (χ4v) is 2.00. The summed E-state index contributed by atoms with van der Waals surface area (Å²) in [6, 6.07) is 1.66. The molecule has 1 aromatic carbocycles. The monoisotopic (exact) mass is 256 g/mol. The van der Waals surface area contributed by atoms with Crippen molar-refractivity contribution >= 4 is 11.7 Å². The van der Waals surface area contributed by atoms with Crippen LogP contribution in [0.15, 0.2) is 12.1 Å².